The molecule has 0 saturated carbocycles. The molecule has 0 aliphatic carbocycles. The Balaban J connectivity index is 4.79. The van der Waals surface area contributed by atoms with E-state index in [0.717, 1.165) is 18.9 Å². The van der Waals surface area contributed by atoms with E-state index in [2.05, 4.69) is 72.9 Å². The van der Waals surface area contributed by atoms with Gasteiger partial charge in [0.15, 0.2) is 0 Å². The van der Waals surface area contributed by atoms with E-state index in [4.69, 9.17) is 0 Å². The number of nitrogens with one attached hydrogen (secondary N) is 1. The molecule has 0 aromatic heterocycles. The standard InChI is InChI=1S/C19H39N/c1-9-11-12-19(8,15-20-16(3)4)14-17(10-2)13-18(5,6)7/h11-12,16-17,20H,9-10,13-15H2,1-8H3. The number of allylic oxidation sites excluding steroid dienone is 1. The minimum absolute atomic E-state index is 0.284. The maximum atomic E-state index is 3.64. The average Bonchev–Trinajstić information content (AvgIpc) is 2.32. The fraction of sp³-hybridized carbons (Fsp3) is 0.895. The van der Waals surface area contributed by atoms with Crippen molar-refractivity contribution in [2.75, 3.05) is 6.54 Å². The molecule has 0 heterocycles. The number of rotatable bonds is 9. The van der Waals surface area contributed by atoms with Gasteiger partial charge in [-0.25, -0.2) is 0 Å². The van der Waals surface area contributed by atoms with Gasteiger partial charge in [-0.15, -0.1) is 0 Å². The maximum Gasteiger partial charge on any atom is 0.00423 e. The van der Waals surface area contributed by atoms with Gasteiger partial charge < -0.3 is 5.32 Å². The fourth-order valence-corrected chi connectivity index (χ4v) is 2.93. The van der Waals surface area contributed by atoms with E-state index in [0.29, 0.717) is 11.5 Å². The molecule has 0 rings (SSSR count). The van der Waals surface area contributed by atoms with Crippen LogP contribution in [-0.2, 0) is 0 Å². The summed E-state index contributed by atoms with van der Waals surface area (Å²) in [5.41, 5.74) is 0.716. The van der Waals surface area contributed by atoms with Crippen LogP contribution in [0.25, 0.3) is 0 Å². The van der Waals surface area contributed by atoms with Crippen LogP contribution >= 0.6 is 0 Å². The first-order valence-corrected chi connectivity index (χ1v) is 8.53. The van der Waals surface area contributed by atoms with Crippen LogP contribution in [-0.4, -0.2) is 12.6 Å². The van der Waals surface area contributed by atoms with E-state index in [1.807, 2.05) is 0 Å². The molecule has 0 radical (unpaired) electrons. The molecule has 0 aromatic carbocycles. The van der Waals surface area contributed by atoms with Crippen molar-refractivity contribution in [1.82, 2.24) is 5.32 Å². The Morgan fingerprint density at radius 1 is 1.00 bits per heavy atom. The van der Waals surface area contributed by atoms with Crippen molar-refractivity contribution in [2.45, 2.75) is 87.1 Å². The van der Waals surface area contributed by atoms with E-state index in [1.165, 1.54) is 19.3 Å². The largest absolute Gasteiger partial charge is 0.314 e. The lowest BCUT2D eigenvalue weighted by atomic mass is 9.73. The smallest absolute Gasteiger partial charge is 0.00423 e. The van der Waals surface area contributed by atoms with Crippen LogP contribution in [0.3, 0.4) is 0 Å². The van der Waals surface area contributed by atoms with Crippen molar-refractivity contribution < 1.29 is 0 Å². The highest BCUT2D eigenvalue weighted by atomic mass is 14.9. The lowest BCUT2D eigenvalue weighted by Gasteiger charge is -2.34. The van der Waals surface area contributed by atoms with Crippen molar-refractivity contribution in [2.24, 2.45) is 16.7 Å². The molecule has 1 N–H and O–H groups in total. The van der Waals surface area contributed by atoms with Gasteiger partial charge in [0.2, 0.25) is 0 Å². The van der Waals surface area contributed by atoms with Crippen molar-refractivity contribution in [1.29, 1.82) is 0 Å². The summed E-state index contributed by atoms with van der Waals surface area (Å²) < 4.78 is 0. The van der Waals surface area contributed by atoms with Crippen molar-refractivity contribution in [3.63, 3.8) is 0 Å². The Bertz CT molecular complexity index is 272. The quantitative estimate of drug-likeness (QED) is 0.526. The van der Waals surface area contributed by atoms with E-state index >= 15 is 0 Å². The maximum absolute atomic E-state index is 3.64. The van der Waals surface area contributed by atoms with Crippen molar-refractivity contribution in [3.05, 3.63) is 12.2 Å². The highest BCUT2D eigenvalue weighted by Crippen LogP contribution is 2.36. The van der Waals surface area contributed by atoms with Gasteiger partial charge in [0.25, 0.3) is 0 Å². The lowest BCUT2D eigenvalue weighted by Crippen LogP contribution is -2.36. The average molecular weight is 282 g/mol. The lowest BCUT2D eigenvalue weighted by molar-refractivity contribution is 0.214. The number of hydrogen-bond acceptors (Lipinski definition) is 1. The molecule has 120 valence electrons. The van der Waals surface area contributed by atoms with Crippen LogP contribution in [0, 0.1) is 16.7 Å². The fourth-order valence-electron chi connectivity index (χ4n) is 2.93. The minimum atomic E-state index is 0.284. The summed E-state index contributed by atoms with van der Waals surface area (Å²) in [7, 11) is 0. The highest BCUT2D eigenvalue weighted by Gasteiger charge is 2.27. The Kier molecular flexibility index (Phi) is 8.74. The summed E-state index contributed by atoms with van der Waals surface area (Å²) >= 11 is 0. The van der Waals surface area contributed by atoms with Crippen molar-refractivity contribution in [3.8, 4) is 0 Å². The third-order valence-electron chi connectivity index (χ3n) is 3.90. The summed E-state index contributed by atoms with van der Waals surface area (Å²) in [5, 5.41) is 3.64. The summed E-state index contributed by atoms with van der Waals surface area (Å²) in [4.78, 5) is 0. The topological polar surface area (TPSA) is 12.0 Å². The molecule has 1 nitrogen and oxygen atoms in total. The third-order valence-corrected chi connectivity index (χ3v) is 3.90. The molecule has 0 spiro atoms. The zero-order chi connectivity index (χ0) is 15.8. The Hall–Kier alpha value is -0.300. The molecule has 0 saturated heterocycles. The SMILES string of the molecule is CCC=CC(C)(CNC(C)C)CC(CC)CC(C)(C)C. The molecule has 0 aliphatic heterocycles. The normalized spacial score (nSPS) is 17.6. The van der Waals surface area contributed by atoms with Gasteiger partial charge in [-0.1, -0.05) is 74.0 Å². The van der Waals surface area contributed by atoms with Crippen LogP contribution < -0.4 is 5.32 Å². The zero-order valence-corrected chi connectivity index (χ0v) is 15.3. The van der Waals surface area contributed by atoms with Crippen LogP contribution in [0.2, 0.25) is 0 Å². The van der Waals surface area contributed by atoms with Crippen molar-refractivity contribution >= 4 is 0 Å². The number of hydrogen-bond donors (Lipinski definition) is 1. The van der Waals surface area contributed by atoms with Crippen LogP contribution in [0.1, 0.15) is 81.1 Å². The van der Waals surface area contributed by atoms with Gasteiger partial charge in [0.1, 0.15) is 0 Å². The molecule has 0 fully saturated rings. The van der Waals surface area contributed by atoms with E-state index in [9.17, 15) is 0 Å². The molecule has 0 aromatic rings. The first-order chi connectivity index (χ1) is 9.12. The molecule has 1 heteroatoms. The van der Waals surface area contributed by atoms with E-state index in [1.54, 1.807) is 0 Å². The van der Waals surface area contributed by atoms with Gasteiger partial charge in [-0.2, -0.15) is 0 Å². The Labute approximate surface area is 128 Å². The van der Waals surface area contributed by atoms with Gasteiger partial charge >= 0.3 is 0 Å². The summed E-state index contributed by atoms with van der Waals surface area (Å²) in [5.74, 6) is 0.815. The molecular formula is C19H39N. The highest BCUT2D eigenvalue weighted by molar-refractivity contribution is 4.99. The summed E-state index contributed by atoms with van der Waals surface area (Å²) in [6, 6.07) is 0.562. The van der Waals surface area contributed by atoms with Crippen LogP contribution in [0.15, 0.2) is 12.2 Å². The monoisotopic (exact) mass is 281 g/mol. The van der Waals surface area contributed by atoms with Crippen LogP contribution in [0.4, 0.5) is 0 Å². The van der Waals surface area contributed by atoms with Crippen LogP contribution in [0.5, 0.6) is 0 Å². The minimum Gasteiger partial charge on any atom is -0.314 e. The van der Waals surface area contributed by atoms with Gasteiger partial charge in [-0.3, -0.25) is 0 Å². The van der Waals surface area contributed by atoms with E-state index in [-0.39, 0.29) is 5.41 Å². The molecule has 0 aliphatic rings. The summed E-state index contributed by atoms with van der Waals surface area (Å²) in [6.45, 7) is 19.6. The van der Waals surface area contributed by atoms with Gasteiger partial charge in [0.05, 0.1) is 0 Å². The summed E-state index contributed by atoms with van der Waals surface area (Å²) in [6.07, 6.45) is 9.82. The molecule has 2 unspecified atom stereocenters. The molecular weight excluding hydrogens is 242 g/mol. The zero-order valence-electron chi connectivity index (χ0n) is 15.3. The third kappa shape index (κ3) is 9.58. The van der Waals surface area contributed by atoms with Gasteiger partial charge in [0, 0.05) is 12.6 Å². The first-order valence-electron chi connectivity index (χ1n) is 8.53. The second-order valence-electron chi connectivity index (χ2n) is 8.24. The Morgan fingerprint density at radius 3 is 2.00 bits per heavy atom. The molecule has 2 atom stereocenters. The predicted octanol–water partition coefficient (Wildman–Crippen LogP) is 5.81. The van der Waals surface area contributed by atoms with Gasteiger partial charge in [-0.05, 0) is 36.0 Å². The predicted molar refractivity (Wildman–Crippen MR) is 93.1 cm³/mol. The Morgan fingerprint density at radius 2 is 1.60 bits per heavy atom. The first kappa shape index (κ1) is 19.7. The molecule has 0 amide bonds. The molecule has 20 heavy (non-hydrogen) atoms. The second-order valence-corrected chi connectivity index (χ2v) is 8.24. The molecule has 0 bridgehead atoms. The second kappa shape index (κ2) is 8.87. The van der Waals surface area contributed by atoms with E-state index < -0.39 is 0 Å².